The summed E-state index contributed by atoms with van der Waals surface area (Å²) in [7, 11) is 0. The third-order valence-electron chi connectivity index (χ3n) is 4.70. The van der Waals surface area contributed by atoms with E-state index >= 15 is 0 Å². The summed E-state index contributed by atoms with van der Waals surface area (Å²) < 4.78 is 12.2. The van der Waals surface area contributed by atoms with Crippen LogP contribution < -0.4 is 14.8 Å². The molecule has 5 heteroatoms. The van der Waals surface area contributed by atoms with E-state index in [1.54, 1.807) is 0 Å². The first-order chi connectivity index (χ1) is 13.8. The zero-order valence-corrected chi connectivity index (χ0v) is 18.2. The average molecular weight is 400 g/mol. The lowest BCUT2D eigenvalue weighted by Crippen LogP contribution is -2.18. The van der Waals surface area contributed by atoms with Gasteiger partial charge in [-0.05, 0) is 93.6 Å². The SMILES string of the molecule is CCCNCCCOc1c(C)cc(Oc2c(C)cc(CC(=O)O)cc2C)cc1C. The van der Waals surface area contributed by atoms with Crippen molar-refractivity contribution in [2.75, 3.05) is 19.7 Å². The van der Waals surface area contributed by atoms with E-state index < -0.39 is 5.97 Å². The predicted octanol–water partition coefficient (Wildman–Crippen LogP) is 5.11. The number of rotatable bonds is 11. The van der Waals surface area contributed by atoms with Gasteiger partial charge >= 0.3 is 5.97 Å². The zero-order chi connectivity index (χ0) is 21.4. The molecule has 0 bridgehead atoms. The molecule has 0 heterocycles. The summed E-state index contributed by atoms with van der Waals surface area (Å²) in [4.78, 5) is 11.0. The van der Waals surface area contributed by atoms with Crippen molar-refractivity contribution < 1.29 is 19.4 Å². The topological polar surface area (TPSA) is 67.8 Å². The number of carbonyl (C=O) groups is 1. The summed E-state index contributed by atoms with van der Waals surface area (Å²) >= 11 is 0. The van der Waals surface area contributed by atoms with Crippen LogP contribution in [0.1, 0.15) is 47.6 Å². The highest BCUT2D eigenvalue weighted by Crippen LogP contribution is 2.34. The van der Waals surface area contributed by atoms with Crippen LogP contribution in [0, 0.1) is 27.7 Å². The smallest absolute Gasteiger partial charge is 0.307 e. The molecule has 0 unspecified atom stereocenters. The fraction of sp³-hybridized carbons (Fsp3) is 0.458. The Balaban J connectivity index is 2.08. The van der Waals surface area contributed by atoms with Gasteiger partial charge in [0.25, 0.3) is 0 Å². The van der Waals surface area contributed by atoms with E-state index in [9.17, 15) is 4.79 Å². The number of aliphatic carboxylic acids is 1. The van der Waals surface area contributed by atoms with Crippen LogP contribution in [-0.4, -0.2) is 30.8 Å². The minimum absolute atomic E-state index is 0.0141. The second kappa shape index (κ2) is 10.9. The monoisotopic (exact) mass is 399 g/mol. The molecule has 0 atom stereocenters. The fourth-order valence-electron chi connectivity index (χ4n) is 3.47. The van der Waals surface area contributed by atoms with Crippen LogP contribution in [0.2, 0.25) is 0 Å². The molecule has 0 saturated carbocycles. The lowest BCUT2D eigenvalue weighted by molar-refractivity contribution is -0.136. The molecule has 0 fully saturated rings. The molecule has 5 nitrogen and oxygen atoms in total. The Morgan fingerprint density at radius 3 is 2.07 bits per heavy atom. The molecule has 0 saturated heterocycles. The normalized spacial score (nSPS) is 10.8. The van der Waals surface area contributed by atoms with Crippen LogP contribution in [0.15, 0.2) is 24.3 Å². The highest BCUT2D eigenvalue weighted by atomic mass is 16.5. The molecule has 0 aliphatic carbocycles. The number of aryl methyl sites for hydroxylation is 4. The van der Waals surface area contributed by atoms with Crippen molar-refractivity contribution in [1.82, 2.24) is 5.32 Å². The summed E-state index contributed by atoms with van der Waals surface area (Å²) in [6, 6.07) is 7.73. The molecule has 2 aromatic carbocycles. The van der Waals surface area contributed by atoms with E-state index in [1.165, 1.54) is 0 Å². The van der Waals surface area contributed by atoms with Crippen molar-refractivity contribution in [3.05, 3.63) is 52.1 Å². The summed E-state index contributed by atoms with van der Waals surface area (Å²) in [5.41, 5.74) is 4.72. The van der Waals surface area contributed by atoms with E-state index in [4.69, 9.17) is 14.6 Å². The molecule has 0 amide bonds. The average Bonchev–Trinajstić information content (AvgIpc) is 2.62. The van der Waals surface area contributed by atoms with Gasteiger partial charge in [-0.3, -0.25) is 4.79 Å². The first kappa shape index (κ1) is 22.8. The van der Waals surface area contributed by atoms with E-state index in [-0.39, 0.29) is 6.42 Å². The Bertz CT molecular complexity index is 799. The van der Waals surface area contributed by atoms with Crippen LogP contribution >= 0.6 is 0 Å². The largest absolute Gasteiger partial charge is 0.493 e. The van der Waals surface area contributed by atoms with E-state index in [0.29, 0.717) is 6.61 Å². The Kier molecular flexibility index (Phi) is 8.52. The summed E-state index contributed by atoms with van der Waals surface area (Å²) in [6.45, 7) is 12.8. The maximum absolute atomic E-state index is 11.0. The quantitative estimate of drug-likeness (QED) is 0.514. The van der Waals surface area contributed by atoms with E-state index in [1.807, 2.05) is 52.0 Å². The molecule has 158 valence electrons. The molecule has 2 aromatic rings. The molecular formula is C24H33NO4. The van der Waals surface area contributed by atoms with Gasteiger partial charge in [0.15, 0.2) is 0 Å². The maximum atomic E-state index is 11.0. The van der Waals surface area contributed by atoms with Gasteiger partial charge in [0, 0.05) is 0 Å². The molecule has 0 aliphatic rings. The van der Waals surface area contributed by atoms with Gasteiger partial charge < -0.3 is 19.9 Å². The first-order valence-electron chi connectivity index (χ1n) is 10.3. The lowest BCUT2D eigenvalue weighted by Gasteiger charge is -2.17. The van der Waals surface area contributed by atoms with Crippen molar-refractivity contribution in [2.45, 2.75) is 53.9 Å². The third kappa shape index (κ3) is 6.79. The minimum Gasteiger partial charge on any atom is -0.493 e. The van der Waals surface area contributed by atoms with Crippen molar-refractivity contribution in [1.29, 1.82) is 0 Å². The highest BCUT2D eigenvalue weighted by Gasteiger charge is 2.12. The van der Waals surface area contributed by atoms with Crippen molar-refractivity contribution in [2.24, 2.45) is 0 Å². The number of ether oxygens (including phenoxy) is 2. The Morgan fingerprint density at radius 2 is 1.52 bits per heavy atom. The molecule has 2 rings (SSSR count). The second-order valence-corrected chi connectivity index (χ2v) is 7.57. The molecule has 0 aliphatic heterocycles. The fourth-order valence-corrected chi connectivity index (χ4v) is 3.47. The number of benzene rings is 2. The van der Waals surface area contributed by atoms with Gasteiger partial charge in [0.2, 0.25) is 0 Å². The number of hydrogen-bond donors (Lipinski definition) is 2. The Labute approximate surface area is 174 Å². The molecular weight excluding hydrogens is 366 g/mol. The van der Waals surface area contributed by atoms with Crippen LogP contribution in [0.3, 0.4) is 0 Å². The third-order valence-corrected chi connectivity index (χ3v) is 4.70. The summed E-state index contributed by atoms with van der Waals surface area (Å²) in [6.07, 6.45) is 2.13. The maximum Gasteiger partial charge on any atom is 0.307 e. The molecule has 0 spiro atoms. The lowest BCUT2D eigenvalue weighted by atomic mass is 10.0. The van der Waals surface area contributed by atoms with E-state index in [0.717, 1.165) is 71.0 Å². The zero-order valence-electron chi connectivity index (χ0n) is 18.2. The van der Waals surface area contributed by atoms with Crippen molar-refractivity contribution >= 4 is 5.97 Å². The Hall–Kier alpha value is -2.53. The minimum atomic E-state index is -0.833. The van der Waals surface area contributed by atoms with Gasteiger partial charge in [-0.1, -0.05) is 19.1 Å². The van der Waals surface area contributed by atoms with Crippen LogP contribution in [0.5, 0.6) is 17.2 Å². The number of carboxylic acids is 1. The molecule has 0 radical (unpaired) electrons. The summed E-state index contributed by atoms with van der Waals surface area (Å²) in [5, 5.41) is 12.4. The van der Waals surface area contributed by atoms with E-state index in [2.05, 4.69) is 12.2 Å². The van der Waals surface area contributed by atoms with Crippen molar-refractivity contribution in [3.8, 4) is 17.2 Å². The van der Waals surface area contributed by atoms with Gasteiger partial charge in [-0.2, -0.15) is 0 Å². The highest BCUT2D eigenvalue weighted by molar-refractivity contribution is 5.70. The number of nitrogens with one attached hydrogen (secondary N) is 1. The molecule has 0 aromatic heterocycles. The second-order valence-electron chi connectivity index (χ2n) is 7.57. The summed E-state index contributed by atoms with van der Waals surface area (Å²) in [5.74, 6) is 1.61. The first-order valence-corrected chi connectivity index (χ1v) is 10.3. The van der Waals surface area contributed by atoms with Gasteiger partial charge in [0.1, 0.15) is 17.2 Å². The van der Waals surface area contributed by atoms with Gasteiger partial charge in [-0.15, -0.1) is 0 Å². The van der Waals surface area contributed by atoms with Crippen LogP contribution in [-0.2, 0) is 11.2 Å². The number of carboxylic acid groups (broad SMARTS) is 1. The van der Waals surface area contributed by atoms with Crippen LogP contribution in [0.4, 0.5) is 0 Å². The van der Waals surface area contributed by atoms with Gasteiger partial charge in [0.05, 0.1) is 13.0 Å². The predicted molar refractivity (Wildman–Crippen MR) is 117 cm³/mol. The molecule has 29 heavy (non-hydrogen) atoms. The van der Waals surface area contributed by atoms with Crippen LogP contribution in [0.25, 0.3) is 0 Å². The molecule has 2 N–H and O–H groups in total. The Morgan fingerprint density at radius 1 is 0.931 bits per heavy atom. The van der Waals surface area contributed by atoms with Crippen molar-refractivity contribution in [3.63, 3.8) is 0 Å². The van der Waals surface area contributed by atoms with Gasteiger partial charge in [-0.25, -0.2) is 0 Å². The number of hydrogen-bond acceptors (Lipinski definition) is 4. The standard InChI is InChI=1S/C24H33NO4/c1-6-8-25-9-7-10-28-23-18(4)13-21(14-19(23)5)29-24-16(2)11-20(12-17(24)3)15-22(26)27/h11-14,25H,6-10,15H2,1-5H3,(H,26,27).